The Labute approximate surface area is 135 Å². The van der Waals surface area contributed by atoms with Gasteiger partial charge in [0.1, 0.15) is 5.75 Å². The van der Waals surface area contributed by atoms with Crippen molar-refractivity contribution in [3.8, 4) is 17.0 Å². The van der Waals surface area contributed by atoms with Crippen LogP contribution in [0, 0.1) is 0 Å². The fraction of sp³-hybridized carbons (Fsp3) is 0.438. The monoisotopic (exact) mass is 316 g/mol. The summed E-state index contributed by atoms with van der Waals surface area (Å²) in [7, 11) is 3.56. The van der Waals surface area contributed by atoms with E-state index in [0.29, 0.717) is 32.3 Å². The fourth-order valence-corrected chi connectivity index (χ4v) is 2.41. The number of hydrogen-bond donors (Lipinski definition) is 0. The molecule has 0 aliphatic carbocycles. The molecule has 0 N–H and O–H groups in total. The Morgan fingerprint density at radius 1 is 1.35 bits per heavy atom. The Balaban J connectivity index is 1.75. The van der Waals surface area contributed by atoms with Gasteiger partial charge < -0.3 is 19.1 Å². The second kappa shape index (κ2) is 7.34. The average Bonchev–Trinajstić information content (AvgIpc) is 2.63. The number of nitrogens with zero attached hydrogens (tertiary/aromatic N) is 4. The van der Waals surface area contributed by atoms with E-state index in [2.05, 4.69) is 15.2 Å². The SMILES string of the molecule is COc1cccc(-c2cnnc(N(C)CC3COCCO3)n2)c1. The number of aromatic nitrogens is 3. The smallest absolute Gasteiger partial charge is 0.245 e. The predicted octanol–water partition coefficient (Wildman–Crippen LogP) is 1.40. The molecule has 1 fully saturated rings. The van der Waals surface area contributed by atoms with Gasteiger partial charge in [-0.1, -0.05) is 12.1 Å². The number of likely N-dealkylation sites (N-methyl/N-ethyl adjacent to an activating group) is 1. The van der Waals surface area contributed by atoms with E-state index in [1.165, 1.54) is 0 Å². The van der Waals surface area contributed by atoms with Gasteiger partial charge in [0.2, 0.25) is 5.95 Å². The summed E-state index contributed by atoms with van der Waals surface area (Å²) in [6, 6.07) is 7.71. The van der Waals surface area contributed by atoms with Crippen LogP contribution >= 0.6 is 0 Å². The first-order valence-corrected chi connectivity index (χ1v) is 7.51. The van der Waals surface area contributed by atoms with Crippen molar-refractivity contribution in [1.29, 1.82) is 0 Å². The largest absolute Gasteiger partial charge is 0.497 e. The van der Waals surface area contributed by atoms with E-state index in [0.717, 1.165) is 17.0 Å². The van der Waals surface area contributed by atoms with Crippen LogP contribution in [0.1, 0.15) is 0 Å². The summed E-state index contributed by atoms with van der Waals surface area (Å²) in [5.41, 5.74) is 1.69. The maximum atomic E-state index is 5.66. The van der Waals surface area contributed by atoms with Crippen LogP contribution in [0.5, 0.6) is 5.75 Å². The molecule has 0 bridgehead atoms. The molecule has 0 saturated carbocycles. The number of ether oxygens (including phenoxy) is 3. The summed E-state index contributed by atoms with van der Waals surface area (Å²) in [6.45, 7) is 2.53. The standard InChI is InChI=1S/C16H20N4O3/c1-20(10-14-11-22-6-7-23-14)16-18-15(9-17-19-16)12-4-3-5-13(8-12)21-2/h3-5,8-9,14H,6-7,10-11H2,1-2H3. The van der Waals surface area contributed by atoms with Crippen LogP contribution < -0.4 is 9.64 Å². The van der Waals surface area contributed by atoms with Gasteiger partial charge in [0.15, 0.2) is 0 Å². The lowest BCUT2D eigenvalue weighted by Gasteiger charge is -2.27. The van der Waals surface area contributed by atoms with E-state index in [4.69, 9.17) is 14.2 Å². The maximum absolute atomic E-state index is 5.66. The highest BCUT2D eigenvalue weighted by Gasteiger charge is 2.18. The lowest BCUT2D eigenvalue weighted by molar-refractivity contribution is -0.0838. The molecule has 1 aliphatic rings. The molecule has 1 atom stereocenters. The molecular weight excluding hydrogens is 296 g/mol. The molecular formula is C16H20N4O3. The van der Waals surface area contributed by atoms with Gasteiger partial charge in [-0.05, 0) is 12.1 Å². The number of benzene rings is 1. The molecule has 2 heterocycles. The van der Waals surface area contributed by atoms with Crippen molar-refractivity contribution in [3.63, 3.8) is 0 Å². The molecule has 23 heavy (non-hydrogen) atoms. The lowest BCUT2D eigenvalue weighted by Crippen LogP contribution is -2.39. The van der Waals surface area contributed by atoms with Gasteiger partial charge in [-0.3, -0.25) is 0 Å². The van der Waals surface area contributed by atoms with Crippen LogP contribution in [-0.2, 0) is 9.47 Å². The van der Waals surface area contributed by atoms with Crippen molar-refractivity contribution < 1.29 is 14.2 Å². The molecule has 0 spiro atoms. The Morgan fingerprint density at radius 2 is 2.26 bits per heavy atom. The normalized spacial score (nSPS) is 17.7. The van der Waals surface area contributed by atoms with Gasteiger partial charge in [0.25, 0.3) is 0 Å². The molecule has 7 nitrogen and oxygen atoms in total. The quantitative estimate of drug-likeness (QED) is 0.825. The number of methoxy groups -OCH3 is 1. The highest BCUT2D eigenvalue weighted by molar-refractivity contribution is 5.61. The van der Waals surface area contributed by atoms with Gasteiger partial charge >= 0.3 is 0 Å². The van der Waals surface area contributed by atoms with E-state index in [1.54, 1.807) is 13.3 Å². The van der Waals surface area contributed by atoms with Gasteiger partial charge in [0, 0.05) is 19.2 Å². The zero-order valence-corrected chi connectivity index (χ0v) is 13.3. The van der Waals surface area contributed by atoms with E-state index in [9.17, 15) is 0 Å². The summed E-state index contributed by atoms with van der Waals surface area (Å²) in [5, 5.41) is 8.17. The van der Waals surface area contributed by atoms with E-state index in [-0.39, 0.29) is 6.10 Å². The molecule has 0 amide bonds. The van der Waals surface area contributed by atoms with E-state index < -0.39 is 0 Å². The van der Waals surface area contributed by atoms with E-state index in [1.807, 2.05) is 36.2 Å². The second-order valence-corrected chi connectivity index (χ2v) is 5.32. The van der Waals surface area contributed by atoms with Crippen LogP contribution in [0.4, 0.5) is 5.95 Å². The molecule has 7 heteroatoms. The van der Waals surface area contributed by atoms with Crippen molar-refractivity contribution >= 4 is 5.95 Å². The molecule has 2 aromatic rings. The van der Waals surface area contributed by atoms with Gasteiger partial charge in [-0.2, -0.15) is 5.10 Å². The Morgan fingerprint density at radius 3 is 3.04 bits per heavy atom. The predicted molar refractivity (Wildman–Crippen MR) is 85.6 cm³/mol. The third-order valence-corrected chi connectivity index (χ3v) is 3.62. The molecule has 1 saturated heterocycles. The number of hydrogen-bond acceptors (Lipinski definition) is 7. The fourth-order valence-electron chi connectivity index (χ4n) is 2.41. The first-order chi connectivity index (χ1) is 11.3. The van der Waals surface area contributed by atoms with E-state index >= 15 is 0 Å². The Kier molecular flexibility index (Phi) is 4.99. The minimum absolute atomic E-state index is 0.0258. The van der Waals surface area contributed by atoms with Crippen molar-refractivity contribution in [3.05, 3.63) is 30.5 Å². The first-order valence-electron chi connectivity index (χ1n) is 7.51. The van der Waals surface area contributed by atoms with Crippen molar-refractivity contribution in [1.82, 2.24) is 15.2 Å². The molecule has 1 aliphatic heterocycles. The second-order valence-electron chi connectivity index (χ2n) is 5.32. The molecule has 0 radical (unpaired) electrons. The number of anilines is 1. The summed E-state index contributed by atoms with van der Waals surface area (Å²) in [5.74, 6) is 1.34. The zero-order valence-electron chi connectivity index (χ0n) is 13.3. The van der Waals surface area contributed by atoms with Gasteiger partial charge in [-0.15, -0.1) is 5.10 Å². The van der Waals surface area contributed by atoms with Crippen molar-refractivity contribution in [2.45, 2.75) is 6.10 Å². The Bertz CT molecular complexity index is 647. The zero-order chi connectivity index (χ0) is 16.1. The maximum Gasteiger partial charge on any atom is 0.245 e. The number of rotatable bonds is 5. The third kappa shape index (κ3) is 3.94. The minimum Gasteiger partial charge on any atom is -0.497 e. The third-order valence-electron chi connectivity index (χ3n) is 3.62. The van der Waals surface area contributed by atoms with Crippen molar-refractivity contribution in [2.24, 2.45) is 0 Å². The molecule has 3 rings (SSSR count). The highest BCUT2D eigenvalue weighted by atomic mass is 16.6. The highest BCUT2D eigenvalue weighted by Crippen LogP contribution is 2.22. The van der Waals surface area contributed by atoms with Crippen LogP contribution in [0.2, 0.25) is 0 Å². The minimum atomic E-state index is 0.0258. The lowest BCUT2D eigenvalue weighted by atomic mass is 10.1. The van der Waals surface area contributed by atoms with Gasteiger partial charge in [0.05, 0.1) is 44.9 Å². The molecule has 1 aromatic carbocycles. The van der Waals surface area contributed by atoms with Gasteiger partial charge in [-0.25, -0.2) is 4.98 Å². The molecule has 1 unspecified atom stereocenters. The molecule has 1 aromatic heterocycles. The summed E-state index contributed by atoms with van der Waals surface area (Å²) < 4.78 is 16.3. The average molecular weight is 316 g/mol. The summed E-state index contributed by atoms with van der Waals surface area (Å²) in [6.07, 6.45) is 1.67. The van der Waals surface area contributed by atoms with Crippen LogP contribution in [0.15, 0.2) is 30.5 Å². The topological polar surface area (TPSA) is 69.6 Å². The Hall–Kier alpha value is -2.25. The van der Waals surface area contributed by atoms with Crippen molar-refractivity contribution in [2.75, 3.05) is 45.4 Å². The summed E-state index contributed by atoms with van der Waals surface area (Å²) in [4.78, 5) is 6.51. The van der Waals surface area contributed by atoms with Crippen LogP contribution in [-0.4, -0.2) is 61.8 Å². The summed E-state index contributed by atoms with van der Waals surface area (Å²) >= 11 is 0. The van der Waals surface area contributed by atoms with Crippen LogP contribution in [0.3, 0.4) is 0 Å². The van der Waals surface area contributed by atoms with Crippen LogP contribution in [0.25, 0.3) is 11.3 Å². The first kappa shape index (κ1) is 15.6. The molecule has 122 valence electrons.